The third-order valence-corrected chi connectivity index (χ3v) is 4.73. The van der Waals surface area contributed by atoms with Crippen LogP contribution in [0.2, 0.25) is 0 Å². The molecule has 0 spiro atoms. The topological polar surface area (TPSA) is 0 Å². The van der Waals surface area contributed by atoms with E-state index in [1.54, 1.807) is 0 Å². The number of alkyl halides is 3. The molecule has 16 heavy (non-hydrogen) atoms. The van der Waals surface area contributed by atoms with Crippen molar-refractivity contribution in [1.82, 2.24) is 0 Å². The van der Waals surface area contributed by atoms with Crippen molar-refractivity contribution in [2.75, 3.05) is 0 Å². The average Bonchev–Trinajstić information content (AvgIpc) is 2.17. The molecule has 0 N–H and O–H groups in total. The molecule has 1 atom stereocenters. The first kappa shape index (κ1) is 12.3. The van der Waals surface area contributed by atoms with Gasteiger partial charge >= 0.3 is 6.18 Å². The summed E-state index contributed by atoms with van der Waals surface area (Å²) in [6.45, 7) is 2.71. The second-order valence-electron chi connectivity index (χ2n) is 6.36. The Morgan fingerprint density at radius 1 is 1.00 bits per heavy atom. The molecule has 3 aliphatic carbocycles. The normalized spacial score (nSPS) is 35.4. The minimum atomic E-state index is -4.05. The molecule has 0 saturated heterocycles. The van der Waals surface area contributed by atoms with E-state index < -0.39 is 11.6 Å². The predicted octanol–water partition coefficient (Wildman–Crippen LogP) is 4.79. The first-order valence-electron chi connectivity index (χ1n) is 6.36. The highest BCUT2D eigenvalue weighted by Crippen LogP contribution is 2.51. The Morgan fingerprint density at radius 3 is 1.94 bits per heavy atom. The van der Waals surface area contributed by atoms with Crippen LogP contribution in [0.4, 0.5) is 13.2 Å². The molecule has 94 valence electrons. The van der Waals surface area contributed by atoms with Crippen molar-refractivity contribution in [2.45, 2.75) is 58.5 Å². The summed E-state index contributed by atoms with van der Waals surface area (Å²) in [5, 5.41) is 0. The Morgan fingerprint density at radius 2 is 1.56 bits per heavy atom. The third kappa shape index (κ3) is 2.23. The second-order valence-corrected chi connectivity index (χ2v) is 6.36. The second kappa shape index (κ2) is 3.92. The van der Waals surface area contributed by atoms with Crippen LogP contribution < -0.4 is 0 Å². The molecule has 2 bridgehead atoms. The molecule has 3 rings (SSSR count). The predicted molar refractivity (Wildman–Crippen MR) is 58.0 cm³/mol. The molecule has 0 aromatic rings. The van der Waals surface area contributed by atoms with Crippen LogP contribution in [0.3, 0.4) is 0 Å². The molecular formula is C13H21F3. The van der Waals surface area contributed by atoms with Gasteiger partial charge in [0, 0.05) is 0 Å². The molecule has 3 saturated carbocycles. The fourth-order valence-electron chi connectivity index (χ4n) is 3.54. The minimum Gasteiger partial charge on any atom is -0.171 e. The van der Waals surface area contributed by atoms with E-state index >= 15 is 0 Å². The number of hydrogen-bond donors (Lipinski definition) is 0. The maximum Gasteiger partial charge on any atom is 0.393 e. The van der Waals surface area contributed by atoms with Gasteiger partial charge in [0.05, 0.1) is 5.41 Å². The van der Waals surface area contributed by atoms with Crippen LogP contribution in [-0.2, 0) is 0 Å². The molecule has 0 aromatic carbocycles. The summed E-state index contributed by atoms with van der Waals surface area (Å²) in [6.07, 6.45) is 2.18. The van der Waals surface area contributed by atoms with E-state index in [9.17, 15) is 13.2 Å². The Labute approximate surface area is 95.6 Å². The standard InChI is InChI=1S/C13H21F3/c1-12(2,13(14,15)16)8-11-7-9-3-5-10(11)6-4-9/h9-11H,3-8H2,1-2H3. The molecule has 3 aliphatic rings. The summed E-state index contributed by atoms with van der Waals surface area (Å²) < 4.78 is 38.5. The van der Waals surface area contributed by atoms with Gasteiger partial charge in [-0.3, -0.25) is 0 Å². The zero-order valence-electron chi connectivity index (χ0n) is 10.1. The SMILES string of the molecule is CC(C)(CC1CC2CCC1CC2)C(F)(F)F. The van der Waals surface area contributed by atoms with E-state index in [1.165, 1.54) is 39.5 Å². The highest BCUT2D eigenvalue weighted by atomic mass is 19.4. The van der Waals surface area contributed by atoms with Crippen molar-refractivity contribution < 1.29 is 13.2 Å². The van der Waals surface area contributed by atoms with Crippen molar-refractivity contribution in [3.8, 4) is 0 Å². The summed E-state index contributed by atoms with van der Waals surface area (Å²) in [4.78, 5) is 0. The maximum absolute atomic E-state index is 12.8. The zero-order valence-corrected chi connectivity index (χ0v) is 10.1. The fourth-order valence-corrected chi connectivity index (χ4v) is 3.54. The molecule has 0 heterocycles. The lowest BCUT2D eigenvalue weighted by molar-refractivity contribution is -0.220. The van der Waals surface area contributed by atoms with Gasteiger partial charge in [-0.25, -0.2) is 0 Å². The Bertz CT molecular complexity index is 246. The van der Waals surface area contributed by atoms with E-state index in [2.05, 4.69) is 0 Å². The van der Waals surface area contributed by atoms with Crippen molar-refractivity contribution >= 4 is 0 Å². The summed E-state index contributed by atoms with van der Waals surface area (Å²) in [5.74, 6) is 1.62. The summed E-state index contributed by atoms with van der Waals surface area (Å²) in [5.41, 5.74) is -1.50. The van der Waals surface area contributed by atoms with Crippen LogP contribution in [0.15, 0.2) is 0 Å². The lowest BCUT2D eigenvalue weighted by Crippen LogP contribution is -2.39. The van der Waals surface area contributed by atoms with Gasteiger partial charge in [-0.2, -0.15) is 13.2 Å². The molecule has 0 aliphatic heterocycles. The van der Waals surface area contributed by atoms with E-state index in [-0.39, 0.29) is 0 Å². The van der Waals surface area contributed by atoms with E-state index in [0.717, 1.165) is 12.3 Å². The lowest BCUT2D eigenvalue weighted by Gasteiger charge is -2.45. The quantitative estimate of drug-likeness (QED) is 0.644. The first-order valence-corrected chi connectivity index (χ1v) is 6.36. The molecular weight excluding hydrogens is 213 g/mol. The van der Waals surface area contributed by atoms with Gasteiger partial charge in [-0.15, -0.1) is 0 Å². The van der Waals surface area contributed by atoms with Crippen molar-refractivity contribution in [3.05, 3.63) is 0 Å². The van der Waals surface area contributed by atoms with Crippen LogP contribution >= 0.6 is 0 Å². The number of rotatable bonds is 2. The lowest BCUT2D eigenvalue weighted by atomic mass is 9.61. The Balaban J connectivity index is 2.00. The van der Waals surface area contributed by atoms with Crippen LogP contribution in [-0.4, -0.2) is 6.18 Å². The van der Waals surface area contributed by atoms with Gasteiger partial charge in [-0.05, 0) is 43.4 Å². The highest BCUT2D eigenvalue weighted by Gasteiger charge is 2.50. The van der Waals surface area contributed by atoms with Crippen LogP contribution in [0, 0.1) is 23.2 Å². The Kier molecular flexibility index (Phi) is 3.00. The van der Waals surface area contributed by atoms with E-state index in [1.807, 2.05) is 0 Å². The number of halogens is 3. The van der Waals surface area contributed by atoms with Crippen molar-refractivity contribution in [2.24, 2.45) is 23.2 Å². The summed E-state index contributed by atoms with van der Waals surface area (Å²) in [7, 11) is 0. The van der Waals surface area contributed by atoms with E-state index in [0.29, 0.717) is 18.3 Å². The van der Waals surface area contributed by atoms with Crippen LogP contribution in [0.5, 0.6) is 0 Å². The number of hydrogen-bond acceptors (Lipinski definition) is 0. The fraction of sp³-hybridized carbons (Fsp3) is 1.00. The molecule has 1 unspecified atom stereocenters. The molecule has 0 radical (unpaired) electrons. The molecule has 0 nitrogen and oxygen atoms in total. The highest BCUT2D eigenvalue weighted by molar-refractivity contribution is 4.90. The summed E-state index contributed by atoms with van der Waals surface area (Å²) in [6, 6.07) is 0. The van der Waals surface area contributed by atoms with Gasteiger partial charge in [0.25, 0.3) is 0 Å². The summed E-state index contributed by atoms with van der Waals surface area (Å²) >= 11 is 0. The molecule has 3 heteroatoms. The van der Waals surface area contributed by atoms with Crippen molar-refractivity contribution in [1.29, 1.82) is 0 Å². The van der Waals surface area contributed by atoms with Crippen LogP contribution in [0.25, 0.3) is 0 Å². The molecule has 0 aromatic heterocycles. The van der Waals surface area contributed by atoms with Gasteiger partial charge in [0.2, 0.25) is 0 Å². The van der Waals surface area contributed by atoms with Gasteiger partial charge < -0.3 is 0 Å². The minimum absolute atomic E-state index is 0.323. The molecule has 0 amide bonds. The van der Waals surface area contributed by atoms with Gasteiger partial charge in [0.1, 0.15) is 0 Å². The van der Waals surface area contributed by atoms with Gasteiger partial charge in [0.15, 0.2) is 0 Å². The molecule has 3 fully saturated rings. The third-order valence-electron chi connectivity index (χ3n) is 4.73. The first-order chi connectivity index (χ1) is 7.29. The smallest absolute Gasteiger partial charge is 0.171 e. The van der Waals surface area contributed by atoms with E-state index in [4.69, 9.17) is 0 Å². The monoisotopic (exact) mass is 234 g/mol. The van der Waals surface area contributed by atoms with Gasteiger partial charge in [-0.1, -0.05) is 26.7 Å². The van der Waals surface area contributed by atoms with Crippen LogP contribution in [0.1, 0.15) is 52.4 Å². The largest absolute Gasteiger partial charge is 0.393 e. The number of fused-ring (bicyclic) bond motifs is 3. The maximum atomic E-state index is 12.8. The average molecular weight is 234 g/mol. The van der Waals surface area contributed by atoms with Crippen molar-refractivity contribution in [3.63, 3.8) is 0 Å². The zero-order chi connectivity index (χ0) is 12.0. The Hall–Kier alpha value is -0.210.